The van der Waals surface area contributed by atoms with Crippen LogP contribution in [0, 0.1) is 6.92 Å². The molecule has 2 aromatic carbocycles. The maximum Gasteiger partial charge on any atom is 0.0566 e. The number of hydrogen-bond donors (Lipinski definition) is 1. The summed E-state index contributed by atoms with van der Waals surface area (Å²) in [6.07, 6.45) is 0. The number of benzene rings is 2. The molecule has 0 spiro atoms. The van der Waals surface area contributed by atoms with Gasteiger partial charge in [-0.05, 0) is 53.9 Å². The molecule has 2 rings (SSSR count). The molecule has 0 aromatic heterocycles. The Labute approximate surface area is 129 Å². The zero-order chi connectivity index (χ0) is 13.3. The van der Waals surface area contributed by atoms with Gasteiger partial charge in [-0.1, -0.05) is 49.5 Å². The van der Waals surface area contributed by atoms with Crippen LogP contribution in [0.5, 0.6) is 0 Å². The Morgan fingerprint density at radius 3 is 2.50 bits per heavy atom. The van der Waals surface area contributed by atoms with E-state index in [4.69, 9.17) is 17.3 Å². The first kappa shape index (κ1) is 14.1. The van der Waals surface area contributed by atoms with Crippen molar-refractivity contribution < 1.29 is 0 Å². The first-order valence-corrected chi connectivity index (χ1v) is 7.42. The molecule has 0 radical (unpaired) electrons. The largest absolute Gasteiger partial charge is 0.320 e. The van der Waals surface area contributed by atoms with Crippen molar-refractivity contribution in [1.29, 1.82) is 0 Å². The van der Waals surface area contributed by atoms with Crippen molar-refractivity contribution in [1.82, 2.24) is 0 Å². The topological polar surface area (TPSA) is 26.0 Å². The van der Waals surface area contributed by atoms with E-state index in [1.807, 2.05) is 43.3 Å². The minimum absolute atomic E-state index is 0.199. The van der Waals surface area contributed by atoms with E-state index >= 15 is 0 Å². The van der Waals surface area contributed by atoms with Crippen molar-refractivity contribution in [3.8, 4) is 0 Å². The monoisotopic (exact) mass is 387 g/mol. The first-order valence-electron chi connectivity index (χ1n) is 5.45. The summed E-state index contributed by atoms with van der Waals surface area (Å²) in [5, 5.41) is 0.706. The van der Waals surface area contributed by atoms with Crippen LogP contribution in [0.2, 0.25) is 5.02 Å². The van der Waals surface area contributed by atoms with E-state index in [2.05, 4.69) is 31.9 Å². The van der Waals surface area contributed by atoms with Gasteiger partial charge in [0, 0.05) is 14.0 Å². The average Bonchev–Trinajstić information content (AvgIpc) is 2.34. The molecule has 0 saturated heterocycles. The maximum atomic E-state index is 6.35. The van der Waals surface area contributed by atoms with Gasteiger partial charge in [0.1, 0.15) is 0 Å². The highest BCUT2D eigenvalue weighted by molar-refractivity contribution is 9.11. The summed E-state index contributed by atoms with van der Waals surface area (Å²) < 4.78 is 2.01. The predicted molar refractivity (Wildman–Crippen MR) is 84.1 cm³/mol. The van der Waals surface area contributed by atoms with E-state index in [9.17, 15) is 0 Å². The van der Waals surface area contributed by atoms with Gasteiger partial charge < -0.3 is 5.73 Å². The van der Waals surface area contributed by atoms with Crippen molar-refractivity contribution in [2.24, 2.45) is 5.73 Å². The van der Waals surface area contributed by atoms with E-state index in [0.717, 1.165) is 25.6 Å². The van der Waals surface area contributed by atoms with E-state index < -0.39 is 0 Å². The standard InChI is InChI=1S/C14H12Br2ClN/c1-8-2-4-10(17)7-11(8)14(18)12-6-9(15)3-5-13(12)16/h2-7,14H,18H2,1H3. The first-order chi connectivity index (χ1) is 8.49. The summed E-state index contributed by atoms with van der Waals surface area (Å²) in [5.41, 5.74) is 9.56. The van der Waals surface area contributed by atoms with Gasteiger partial charge in [0.15, 0.2) is 0 Å². The van der Waals surface area contributed by atoms with Gasteiger partial charge in [-0.3, -0.25) is 0 Å². The van der Waals surface area contributed by atoms with Gasteiger partial charge in [-0.2, -0.15) is 0 Å². The molecule has 4 heteroatoms. The zero-order valence-corrected chi connectivity index (χ0v) is 13.7. The molecule has 1 atom stereocenters. The van der Waals surface area contributed by atoms with Crippen molar-refractivity contribution in [3.63, 3.8) is 0 Å². The molecule has 0 amide bonds. The quantitative estimate of drug-likeness (QED) is 0.749. The molecule has 0 aliphatic carbocycles. The number of aryl methyl sites for hydroxylation is 1. The summed E-state index contributed by atoms with van der Waals surface area (Å²) in [7, 11) is 0. The van der Waals surface area contributed by atoms with Crippen LogP contribution in [-0.2, 0) is 0 Å². The van der Waals surface area contributed by atoms with Crippen LogP contribution in [0.3, 0.4) is 0 Å². The fourth-order valence-electron chi connectivity index (χ4n) is 1.87. The highest BCUT2D eigenvalue weighted by atomic mass is 79.9. The second-order valence-electron chi connectivity index (χ2n) is 4.14. The van der Waals surface area contributed by atoms with E-state index in [-0.39, 0.29) is 6.04 Å². The lowest BCUT2D eigenvalue weighted by atomic mass is 9.96. The normalized spacial score (nSPS) is 12.5. The minimum atomic E-state index is -0.199. The van der Waals surface area contributed by atoms with Crippen LogP contribution < -0.4 is 5.73 Å². The van der Waals surface area contributed by atoms with Crippen LogP contribution in [0.15, 0.2) is 45.3 Å². The molecule has 0 heterocycles. The summed E-state index contributed by atoms with van der Waals surface area (Å²) in [6.45, 7) is 2.04. The SMILES string of the molecule is Cc1ccc(Cl)cc1C(N)c1cc(Br)ccc1Br. The molecular weight excluding hydrogens is 377 g/mol. The number of hydrogen-bond acceptors (Lipinski definition) is 1. The third-order valence-corrected chi connectivity index (χ3v) is 4.32. The number of nitrogens with two attached hydrogens (primary N) is 1. The van der Waals surface area contributed by atoms with Crippen LogP contribution in [0.1, 0.15) is 22.7 Å². The lowest BCUT2D eigenvalue weighted by Gasteiger charge is -2.17. The van der Waals surface area contributed by atoms with Crippen LogP contribution in [0.4, 0.5) is 0 Å². The molecule has 0 aliphatic rings. The molecule has 2 aromatic rings. The molecule has 0 bridgehead atoms. The van der Waals surface area contributed by atoms with Crippen molar-refractivity contribution in [2.45, 2.75) is 13.0 Å². The Morgan fingerprint density at radius 1 is 1.06 bits per heavy atom. The molecule has 18 heavy (non-hydrogen) atoms. The van der Waals surface area contributed by atoms with E-state index in [1.165, 1.54) is 0 Å². The molecular formula is C14H12Br2ClN. The molecule has 0 fully saturated rings. The Hall–Kier alpha value is -0.350. The van der Waals surface area contributed by atoms with E-state index in [0.29, 0.717) is 5.02 Å². The molecule has 0 saturated carbocycles. The fourth-order valence-corrected chi connectivity index (χ4v) is 2.92. The number of rotatable bonds is 2. The Kier molecular flexibility index (Phi) is 4.49. The maximum absolute atomic E-state index is 6.35. The Morgan fingerprint density at radius 2 is 1.78 bits per heavy atom. The Balaban J connectivity index is 2.50. The lowest BCUT2D eigenvalue weighted by Crippen LogP contribution is -2.14. The second kappa shape index (κ2) is 5.74. The molecule has 1 unspecified atom stereocenters. The highest BCUT2D eigenvalue weighted by Gasteiger charge is 2.15. The fraction of sp³-hybridized carbons (Fsp3) is 0.143. The van der Waals surface area contributed by atoms with Crippen LogP contribution in [-0.4, -0.2) is 0 Å². The van der Waals surface area contributed by atoms with Gasteiger partial charge in [0.2, 0.25) is 0 Å². The molecule has 2 N–H and O–H groups in total. The zero-order valence-electron chi connectivity index (χ0n) is 9.75. The van der Waals surface area contributed by atoms with E-state index in [1.54, 1.807) is 0 Å². The van der Waals surface area contributed by atoms with Crippen molar-refractivity contribution in [3.05, 3.63) is 67.1 Å². The van der Waals surface area contributed by atoms with Gasteiger partial charge in [0.25, 0.3) is 0 Å². The average molecular weight is 390 g/mol. The summed E-state index contributed by atoms with van der Waals surface area (Å²) >= 11 is 13.0. The molecule has 94 valence electrons. The predicted octanol–water partition coefficient (Wildman–Crippen LogP) is 5.22. The second-order valence-corrected chi connectivity index (χ2v) is 6.35. The summed E-state index contributed by atoms with van der Waals surface area (Å²) in [5.74, 6) is 0. The van der Waals surface area contributed by atoms with Gasteiger partial charge in [0.05, 0.1) is 6.04 Å². The lowest BCUT2D eigenvalue weighted by molar-refractivity contribution is 0.855. The molecule has 0 aliphatic heterocycles. The van der Waals surface area contributed by atoms with Crippen molar-refractivity contribution in [2.75, 3.05) is 0 Å². The van der Waals surface area contributed by atoms with Crippen molar-refractivity contribution >= 4 is 43.5 Å². The smallest absolute Gasteiger partial charge is 0.0566 e. The highest BCUT2D eigenvalue weighted by Crippen LogP contribution is 2.31. The van der Waals surface area contributed by atoms with Crippen LogP contribution in [0.25, 0.3) is 0 Å². The summed E-state index contributed by atoms with van der Waals surface area (Å²) in [4.78, 5) is 0. The van der Waals surface area contributed by atoms with Crippen LogP contribution >= 0.6 is 43.5 Å². The Bertz CT molecular complexity index is 533. The van der Waals surface area contributed by atoms with Gasteiger partial charge in [-0.25, -0.2) is 0 Å². The minimum Gasteiger partial charge on any atom is -0.320 e. The number of halogens is 3. The molecule has 1 nitrogen and oxygen atoms in total. The summed E-state index contributed by atoms with van der Waals surface area (Å²) in [6, 6.07) is 11.6. The third-order valence-electron chi connectivity index (χ3n) is 2.87. The van der Waals surface area contributed by atoms with Gasteiger partial charge >= 0.3 is 0 Å². The third kappa shape index (κ3) is 2.97. The van der Waals surface area contributed by atoms with Gasteiger partial charge in [-0.15, -0.1) is 0 Å².